The molecule has 0 amide bonds. The van der Waals surface area contributed by atoms with E-state index in [1.165, 1.54) is 18.5 Å². The van der Waals surface area contributed by atoms with Gasteiger partial charge in [0.25, 0.3) is 0 Å². The van der Waals surface area contributed by atoms with Crippen molar-refractivity contribution in [2.45, 2.75) is 20.8 Å². The minimum absolute atomic E-state index is 0.273. The van der Waals surface area contributed by atoms with Gasteiger partial charge in [0.15, 0.2) is 11.6 Å². The molecule has 3 N–H and O–H groups in total. The van der Waals surface area contributed by atoms with Crippen molar-refractivity contribution in [3.8, 4) is 17.1 Å². The Morgan fingerprint density at radius 3 is 2.41 bits per heavy atom. The summed E-state index contributed by atoms with van der Waals surface area (Å²) in [4.78, 5) is 8.59. The summed E-state index contributed by atoms with van der Waals surface area (Å²) in [5, 5.41) is 12.2. The molecule has 0 radical (unpaired) electrons. The number of hydrogen-bond donors (Lipinski definition) is 2. The zero-order valence-corrected chi connectivity index (χ0v) is 16.6. The Morgan fingerprint density at radius 2 is 1.76 bits per heavy atom. The smallest absolute Gasteiger partial charge is 0.159 e. The molecule has 0 aliphatic rings. The number of nitrogens with one attached hydrogen (secondary N) is 1. The SMILES string of the molecule is Cc1nn(-c2cc(Nc3nn(C)c(-c4ccc(F)cc4)c3C)ncn2)c(C)c1N. The number of nitrogen functional groups attached to an aromatic ring is 1. The molecule has 4 rings (SSSR count). The summed E-state index contributed by atoms with van der Waals surface area (Å²) < 4.78 is 16.7. The van der Waals surface area contributed by atoms with E-state index < -0.39 is 0 Å². The van der Waals surface area contributed by atoms with Crippen LogP contribution in [0, 0.1) is 26.6 Å². The first-order valence-corrected chi connectivity index (χ1v) is 9.06. The van der Waals surface area contributed by atoms with E-state index >= 15 is 0 Å². The van der Waals surface area contributed by atoms with Crippen molar-refractivity contribution in [2.24, 2.45) is 7.05 Å². The van der Waals surface area contributed by atoms with Gasteiger partial charge in [-0.05, 0) is 45.0 Å². The van der Waals surface area contributed by atoms with E-state index in [-0.39, 0.29) is 5.82 Å². The number of benzene rings is 1. The minimum atomic E-state index is -0.273. The highest BCUT2D eigenvalue weighted by atomic mass is 19.1. The molecule has 9 heteroatoms. The molecule has 0 fully saturated rings. The van der Waals surface area contributed by atoms with Gasteiger partial charge in [-0.2, -0.15) is 10.2 Å². The van der Waals surface area contributed by atoms with Gasteiger partial charge in [0.2, 0.25) is 0 Å². The zero-order chi connectivity index (χ0) is 20.7. The Bertz CT molecular complexity index is 1190. The van der Waals surface area contributed by atoms with Gasteiger partial charge < -0.3 is 11.1 Å². The molecule has 3 aromatic heterocycles. The molecule has 0 bridgehead atoms. The van der Waals surface area contributed by atoms with E-state index in [0.29, 0.717) is 23.1 Å². The van der Waals surface area contributed by atoms with Crippen molar-refractivity contribution in [3.63, 3.8) is 0 Å². The lowest BCUT2D eigenvalue weighted by atomic mass is 10.1. The average molecular weight is 392 g/mol. The van der Waals surface area contributed by atoms with Crippen LogP contribution in [0.15, 0.2) is 36.7 Å². The summed E-state index contributed by atoms with van der Waals surface area (Å²) in [6, 6.07) is 8.13. The predicted molar refractivity (Wildman–Crippen MR) is 110 cm³/mol. The van der Waals surface area contributed by atoms with E-state index in [0.717, 1.165) is 28.2 Å². The second-order valence-electron chi connectivity index (χ2n) is 6.84. The van der Waals surface area contributed by atoms with Crippen molar-refractivity contribution < 1.29 is 4.39 Å². The van der Waals surface area contributed by atoms with Gasteiger partial charge in [-0.25, -0.2) is 19.0 Å². The van der Waals surface area contributed by atoms with E-state index in [1.54, 1.807) is 27.6 Å². The minimum Gasteiger partial charge on any atom is -0.396 e. The fourth-order valence-corrected chi connectivity index (χ4v) is 3.29. The zero-order valence-electron chi connectivity index (χ0n) is 16.6. The van der Waals surface area contributed by atoms with Crippen LogP contribution in [-0.4, -0.2) is 29.5 Å². The van der Waals surface area contributed by atoms with Crippen LogP contribution in [0.4, 0.5) is 21.7 Å². The fraction of sp³-hybridized carbons (Fsp3) is 0.200. The number of aromatic nitrogens is 6. The molecule has 29 heavy (non-hydrogen) atoms. The second-order valence-corrected chi connectivity index (χ2v) is 6.84. The molecule has 8 nitrogen and oxygen atoms in total. The van der Waals surface area contributed by atoms with E-state index in [4.69, 9.17) is 5.73 Å². The number of nitrogens with zero attached hydrogens (tertiary/aromatic N) is 6. The third-order valence-electron chi connectivity index (χ3n) is 4.87. The molecule has 0 saturated heterocycles. The Labute approximate surface area is 167 Å². The largest absolute Gasteiger partial charge is 0.396 e. The maximum atomic E-state index is 13.3. The van der Waals surface area contributed by atoms with Crippen LogP contribution in [0.1, 0.15) is 17.0 Å². The highest BCUT2D eigenvalue weighted by Gasteiger charge is 2.16. The number of hydrogen-bond acceptors (Lipinski definition) is 6. The first-order chi connectivity index (χ1) is 13.8. The quantitative estimate of drug-likeness (QED) is 0.552. The second kappa shape index (κ2) is 7.01. The Morgan fingerprint density at radius 1 is 1.03 bits per heavy atom. The highest BCUT2D eigenvalue weighted by Crippen LogP contribution is 2.30. The van der Waals surface area contributed by atoms with Gasteiger partial charge >= 0.3 is 0 Å². The fourth-order valence-electron chi connectivity index (χ4n) is 3.29. The third kappa shape index (κ3) is 3.31. The molecule has 0 aliphatic carbocycles. The molecule has 0 unspecified atom stereocenters. The number of anilines is 3. The van der Waals surface area contributed by atoms with Gasteiger partial charge in [-0.1, -0.05) is 0 Å². The summed E-state index contributed by atoms with van der Waals surface area (Å²) in [6.45, 7) is 5.70. The van der Waals surface area contributed by atoms with Crippen LogP contribution < -0.4 is 11.1 Å². The van der Waals surface area contributed by atoms with Crippen LogP contribution in [0.25, 0.3) is 17.1 Å². The van der Waals surface area contributed by atoms with Gasteiger partial charge in [-0.3, -0.25) is 4.68 Å². The van der Waals surface area contributed by atoms with Crippen molar-refractivity contribution in [1.29, 1.82) is 0 Å². The maximum Gasteiger partial charge on any atom is 0.159 e. The molecule has 4 aromatic rings. The maximum absolute atomic E-state index is 13.3. The molecule has 0 aliphatic heterocycles. The number of nitrogens with two attached hydrogens (primary N) is 1. The summed E-state index contributed by atoms with van der Waals surface area (Å²) in [7, 11) is 1.85. The van der Waals surface area contributed by atoms with Crippen molar-refractivity contribution >= 4 is 17.3 Å². The topological polar surface area (TPSA) is 99.5 Å². The lowest BCUT2D eigenvalue weighted by molar-refractivity contribution is 0.628. The molecule has 0 atom stereocenters. The van der Waals surface area contributed by atoms with Crippen LogP contribution in [-0.2, 0) is 7.05 Å². The normalized spacial score (nSPS) is 11.1. The molecule has 0 spiro atoms. The van der Waals surface area contributed by atoms with Gasteiger partial charge in [-0.15, -0.1) is 0 Å². The van der Waals surface area contributed by atoms with E-state index in [1.807, 2.05) is 27.8 Å². The van der Waals surface area contributed by atoms with E-state index in [2.05, 4.69) is 25.5 Å². The summed E-state index contributed by atoms with van der Waals surface area (Å²) in [6.07, 6.45) is 1.46. The highest BCUT2D eigenvalue weighted by molar-refractivity contribution is 5.71. The van der Waals surface area contributed by atoms with Crippen LogP contribution in [0.2, 0.25) is 0 Å². The monoisotopic (exact) mass is 392 g/mol. The molecule has 3 heterocycles. The van der Waals surface area contributed by atoms with Crippen molar-refractivity contribution in [1.82, 2.24) is 29.5 Å². The molecule has 148 valence electrons. The first kappa shape index (κ1) is 18.6. The lowest BCUT2D eigenvalue weighted by Gasteiger charge is -2.07. The lowest BCUT2D eigenvalue weighted by Crippen LogP contribution is -2.05. The number of aryl methyl sites for hydroxylation is 2. The van der Waals surface area contributed by atoms with Gasteiger partial charge in [0.05, 0.1) is 22.8 Å². The standard InChI is InChI=1S/C20H21FN8/c1-11-19(14-5-7-15(21)8-6-14)28(4)27-20(11)25-16-9-17(24-10-23-16)29-13(3)18(22)12(2)26-29/h5-10H,22H2,1-4H3,(H,23,24,25,27). The van der Waals surface area contributed by atoms with Gasteiger partial charge in [0, 0.05) is 24.2 Å². The van der Waals surface area contributed by atoms with Crippen molar-refractivity contribution in [3.05, 3.63) is 59.4 Å². The Hall–Kier alpha value is -3.75. The molecular weight excluding hydrogens is 371 g/mol. The van der Waals surface area contributed by atoms with Crippen molar-refractivity contribution in [2.75, 3.05) is 11.1 Å². The summed E-state index contributed by atoms with van der Waals surface area (Å²) >= 11 is 0. The number of halogens is 1. The predicted octanol–water partition coefficient (Wildman–Crippen LogP) is 3.45. The molecule has 1 aromatic carbocycles. The van der Waals surface area contributed by atoms with Crippen LogP contribution in [0.3, 0.4) is 0 Å². The molecule has 0 saturated carbocycles. The summed E-state index contributed by atoms with van der Waals surface area (Å²) in [5.74, 6) is 1.56. The first-order valence-electron chi connectivity index (χ1n) is 9.06. The van der Waals surface area contributed by atoms with Gasteiger partial charge in [0.1, 0.15) is 18.0 Å². The molecular formula is C20H21FN8. The van der Waals surface area contributed by atoms with Crippen LogP contribution >= 0.6 is 0 Å². The van der Waals surface area contributed by atoms with E-state index in [9.17, 15) is 4.39 Å². The number of rotatable bonds is 4. The Kier molecular flexibility index (Phi) is 4.50. The van der Waals surface area contributed by atoms with Crippen LogP contribution in [0.5, 0.6) is 0 Å². The third-order valence-corrected chi connectivity index (χ3v) is 4.87. The Balaban J connectivity index is 1.68. The average Bonchev–Trinajstić information content (AvgIpc) is 3.12. The summed E-state index contributed by atoms with van der Waals surface area (Å²) in [5.41, 5.74) is 10.9.